The van der Waals surface area contributed by atoms with Gasteiger partial charge < -0.3 is 6.92 Å². The number of hydrogen-bond donors (Lipinski definition) is 1. The zero-order valence-electron chi connectivity index (χ0n) is 8.64. The number of imide groups is 1. The molecule has 2 amide bonds. The molecule has 81 valence electrons. The summed E-state index contributed by atoms with van der Waals surface area (Å²) in [6.45, 7) is 3.60. The molecule has 0 bridgehead atoms. The second-order valence-corrected chi connectivity index (χ2v) is 3.40. The Labute approximate surface area is 118 Å². The van der Waals surface area contributed by atoms with Crippen LogP contribution in [0.25, 0.3) is 0 Å². The predicted molar refractivity (Wildman–Crippen MR) is 51.6 cm³/mol. The Kier molecular flexibility index (Phi) is 4.56. The van der Waals surface area contributed by atoms with E-state index in [4.69, 9.17) is 0 Å². The van der Waals surface area contributed by atoms with Gasteiger partial charge in [0.1, 0.15) is 0 Å². The summed E-state index contributed by atoms with van der Waals surface area (Å²) in [4.78, 5) is 30.4. The Morgan fingerprint density at radius 2 is 2.19 bits per heavy atom. The zero-order chi connectivity index (χ0) is 10.8. The summed E-state index contributed by atoms with van der Waals surface area (Å²) < 4.78 is 0. The number of nitrogens with zero attached hydrogens (tertiary/aromatic N) is 2. The normalized spacial score (nSPS) is 19.9. The molecule has 0 aromatic carbocycles. The minimum absolute atomic E-state index is 0. The number of amides is 2. The van der Waals surface area contributed by atoms with E-state index >= 15 is 0 Å². The first-order valence-electron chi connectivity index (χ1n) is 4.65. The van der Waals surface area contributed by atoms with Gasteiger partial charge in [-0.15, -0.1) is 0 Å². The molecule has 5 nitrogen and oxygen atoms in total. The van der Waals surface area contributed by atoms with Crippen molar-refractivity contribution in [1.82, 2.24) is 15.3 Å². The molecular weight excluding hydrogens is 283 g/mol. The molecule has 6 heteroatoms. The molecular formula is C10H10N3O2Y-. The van der Waals surface area contributed by atoms with Crippen molar-refractivity contribution in [3.8, 4) is 0 Å². The average molecular weight is 293 g/mol. The van der Waals surface area contributed by atoms with Crippen LogP contribution < -0.4 is 5.32 Å². The van der Waals surface area contributed by atoms with Crippen LogP contribution in [0.4, 0.5) is 0 Å². The molecule has 2 rings (SSSR count). The summed E-state index contributed by atoms with van der Waals surface area (Å²) in [6.07, 6.45) is 2.42. The van der Waals surface area contributed by atoms with Crippen molar-refractivity contribution in [2.75, 3.05) is 0 Å². The van der Waals surface area contributed by atoms with Crippen molar-refractivity contribution in [3.63, 3.8) is 0 Å². The van der Waals surface area contributed by atoms with Crippen LogP contribution in [0.1, 0.15) is 30.3 Å². The van der Waals surface area contributed by atoms with E-state index in [0.717, 1.165) is 0 Å². The van der Waals surface area contributed by atoms with E-state index in [1.807, 2.05) is 0 Å². The van der Waals surface area contributed by atoms with Gasteiger partial charge in [-0.3, -0.25) is 24.9 Å². The fourth-order valence-corrected chi connectivity index (χ4v) is 1.58. The van der Waals surface area contributed by atoms with E-state index in [-0.39, 0.29) is 50.4 Å². The Morgan fingerprint density at radius 1 is 1.44 bits per heavy atom. The van der Waals surface area contributed by atoms with Crippen LogP contribution in [0.5, 0.6) is 0 Å². The molecule has 0 saturated carbocycles. The smallest absolute Gasteiger partial charge is 0.235 e. The van der Waals surface area contributed by atoms with Gasteiger partial charge in [-0.25, -0.2) is 0 Å². The van der Waals surface area contributed by atoms with Crippen molar-refractivity contribution in [3.05, 3.63) is 30.7 Å². The van der Waals surface area contributed by atoms with E-state index in [1.54, 1.807) is 12.3 Å². The predicted octanol–water partition coefficient (Wildman–Crippen LogP) is 0.176. The van der Waals surface area contributed by atoms with E-state index in [9.17, 15) is 9.59 Å². The first-order valence-corrected chi connectivity index (χ1v) is 4.65. The van der Waals surface area contributed by atoms with Crippen molar-refractivity contribution in [2.45, 2.75) is 18.8 Å². The van der Waals surface area contributed by atoms with Gasteiger partial charge in [-0.05, 0) is 18.3 Å². The molecule has 1 aromatic rings. The molecule has 1 aliphatic rings. The Bertz CT molecular complexity index is 422. The van der Waals surface area contributed by atoms with Crippen LogP contribution in [-0.2, 0) is 42.3 Å². The van der Waals surface area contributed by atoms with Crippen molar-refractivity contribution in [1.29, 1.82) is 0 Å². The quantitative estimate of drug-likeness (QED) is 0.592. The maximum absolute atomic E-state index is 11.5. The molecule has 1 N–H and O–H groups in total. The van der Waals surface area contributed by atoms with Gasteiger partial charge in [0.2, 0.25) is 11.8 Å². The number of hydrogen-bond acceptors (Lipinski definition) is 4. The number of aromatic nitrogens is 2. The molecule has 1 atom stereocenters. The minimum Gasteiger partial charge on any atom is -0.338 e. The van der Waals surface area contributed by atoms with Crippen LogP contribution in [0.15, 0.2) is 12.3 Å². The van der Waals surface area contributed by atoms with Crippen LogP contribution >= 0.6 is 0 Å². The van der Waals surface area contributed by atoms with E-state index in [2.05, 4.69) is 22.2 Å². The van der Waals surface area contributed by atoms with Crippen LogP contribution in [0.2, 0.25) is 0 Å². The summed E-state index contributed by atoms with van der Waals surface area (Å²) >= 11 is 0. The average Bonchev–Trinajstić information content (AvgIpc) is 2.17. The Balaban J connectivity index is 0.00000128. The van der Waals surface area contributed by atoms with Crippen molar-refractivity contribution in [2.24, 2.45) is 0 Å². The molecule has 1 saturated heterocycles. The maximum Gasteiger partial charge on any atom is 0.235 e. The van der Waals surface area contributed by atoms with Gasteiger partial charge in [0, 0.05) is 45.3 Å². The number of carbonyl (C=O) groups is 2. The third kappa shape index (κ3) is 2.86. The first kappa shape index (κ1) is 13.3. The van der Waals surface area contributed by atoms with E-state index in [1.165, 1.54) is 0 Å². The summed E-state index contributed by atoms with van der Waals surface area (Å²) in [7, 11) is 0. The second-order valence-electron chi connectivity index (χ2n) is 3.40. The molecule has 1 aromatic heterocycles. The van der Waals surface area contributed by atoms with E-state index < -0.39 is 0 Å². The van der Waals surface area contributed by atoms with Gasteiger partial charge >= 0.3 is 0 Å². The topological polar surface area (TPSA) is 72.0 Å². The summed E-state index contributed by atoms with van der Waals surface area (Å²) in [5.41, 5.74) is 0.625. The first-order chi connectivity index (χ1) is 7.16. The summed E-state index contributed by atoms with van der Waals surface area (Å²) in [5.74, 6) is -0.479. The molecule has 1 radical (unpaired) electrons. The van der Waals surface area contributed by atoms with Gasteiger partial charge in [0.05, 0.1) is 11.6 Å². The van der Waals surface area contributed by atoms with Gasteiger partial charge in [-0.1, -0.05) is 0 Å². The third-order valence-corrected chi connectivity index (χ3v) is 2.32. The molecule has 0 spiro atoms. The number of piperidine rings is 1. The third-order valence-electron chi connectivity index (χ3n) is 2.32. The number of nitrogens with one attached hydrogen (secondary N) is 1. The minimum atomic E-state index is -0.355. The van der Waals surface area contributed by atoms with Crippen LogP contribution in [0, 0.1) is 6.92 Å². The Morgan fingerprint density at radius 3 is 2.81 bits per heavy atom. The number of rotatable bonds is 1. The van der Waals surface area contributed by atoms with Crippen LogP contribution in [0.3, 0.4) is 0 Å². The van der Waals surface area contributed by atoms with Gasteiger partial charge in [0.15, 0.2) is 0 Å². The van der Waals surface area contributed by atoms with Gasteiger partial charge in [-0.2, -0.15) is 0 Å². The monoisotopic (exact) mass is 293 g/mol. The van der Waals surface area contributed by atoms with Crippen LogP contribution in [-0.4, -0.2) is 21.8 Å². The Hall–Kier alpha value is -0.806. The van der Waals surface area contributed by atoms with Crippen molar-refractivity contribution < 1.29 is 42.3 Å². The fraction of sp³-hybridized carbons (Fsp3) is 0.300. The largest absolute Gasteiger partial charge is 0.338 e. The van der Waals surface area contributed by atoms with Crippen molar-refractivity contribution >= 4 is 11.8 Å². The maximum atomic E-state index is 11.5. The van der Waals surface area contributed by atoms with Gasteiger partial charge in [0.25, 0.3) is 0 Å². The molecule has 2 heterocycles. The zero-order valence-corrected chi connectivity index (χ0v) is 11.5. The number of carbonyl (C=O) groups excluding carboxylic acids is 2. The summed E-state index contributed by atoms with van der Waals surface area (Å²) in [5, 5.41) is 2.29. The summed E-state index contributed by atoms with van der Waals surface area (Å²) in [6, 6.07) is 1.68. The molecule has 1 unspecified atom stereocenters. The molecule has 1 aliphatic heterocycles. The molecule has 0 aliphatic carbocycles. The molecule has 16 heavy (non-hydrogen) atoms. The SMILES string of the molecule is [CH2-]c1nccc(C2CCC(=O)NC2=O)n1.[Y]. The standard InChI is InChI=1S/C10H10N3O2.Y/c1-6-11-5-4-8(12-6)7-2-3-9(14)13-10(7)15;/h4-5,7H,1-3H2,(H,13,14,15);/q-1;. The molecule has 1 fully saturated rings. The fourth-order valence-electron chi connectivity index (χ4n) is 1.58. The second kappa shape index (κ2) is 5.50. The van der Waals surface area contributed by atoms with E-state index in [0.29, 0.717) is 24.4 Å².